The normalized spacial score (nSPS) is 18.6. The lowest BCUT2D eigenvalue weighted by molar-refractivity contribution is 0.361. The molecule has 0 saturated heterocycles. The molecule has 0 radical (unpaired) electrons. The fourth-order valence-electron chi connectivity index (χ4n) is 4.85. The lowest BCUT2D eigenvalue weighted by atomic mass is 9.95. The van der Waals surface area contributed by atoms with E-state index in [9.17, 15) is 4.39 Å². The van der Waals surface area contributed by atoms with Crippen LogP contribution in [-0.4, -0.2) is 25.6 Å². The van der Waals surface area contributed by atoms with Crippen molar-refractivity contribution >= 4 is 28.7 Å². The van der Waals surface area contributed by atoms with Crippen molar-refractivity contribution in [3.8, 4) is 0 Å². The number of halogens is 1. The van der Waals surface area contributed by atoms with Crippen LogP contribution in [0.1, 0.15) is 70.3 Å². The number of para-hydroxylation sites is 1. The minimum absolute atomic E-state index is 0.287. The minimum atomic E-state index is -0.287. The molecular formula is C23H29FN6. The molecule has 2 aromatic heterocycles. The molecule has 0 amide bonds. The summed E-state index contributed by atoms with van der Waals surface area (Å²) in [6.07, 6.45) is 13.8. The van der Waals surface area contributed by atoms with Crippen LogP contribution in [0.25, 0.3) is 11.2 Å². The van der Waals surface area contributed by atoms with Crippen LogP contribution in [0.5, 0.6) is 0 Å². The van der Waals surface area contributed by atoms with E-state index >= 15 is 0 Å². The second-order valence-electron chi connectivity index (χ2n) is 8.58. The van der Waals surface area contributed by atoms with Crippen molar-refractivity contribution in [2.24, 2.45) is 0 Å². The van der Waals surface area contributed by atoms with Crippen LogP contribution in [0.3, 0.4) is 0 Å². The molecule has 0 atom stereocenters. The molecule has 158 valence electrons. The maximum Gasteiger partial charge on any atom is 0.224 e. The Morgan fingerprint density at radius 3 is 2.40 bits per heavy atom. The Labute approximate surface area is 176 Å². The lowest BCUT2D eigenvalue weighted by Gasteiger charge is -2.25. The number of rotatable bonds is 5. The number of aromatic nitrogens is 4. The van der Waals surface area contributed by atoms with E-state index in [4.69, 9.17) is 9.97 Å². The maximum absolute atomic E-state index is 14.3. The number of hydrogen-bond acceptors (Lipinski definition) is 5. The molecule has 2 saturated carbocycles. The topological polar surface area (TPSA) is 67.7 Å². The van der Waals surface area contributed by atoms with Crippen LogP contribution >= 0.6 is 0 Å². The molecule has 0 spiro atoms. The Balaban J connectivity index is 1.52. The number of hydrogen-bond donors (Lipinski definition) is 2. The Kier molecular flexibility index (Phi) is 5.51. The zero-order valence-corrected chi connectivity index (χ0v) is 17.3. The third-order valence-corrected chi connectivity index (χ3v) is 6.43. The first-order valence-corrected chi connectivity index (χ1v) is 11.3. The zero-order valence-electron chi connectivity index (χ0n) is 17.3. The van der Waals surface area contributed by atoms with E-state index in [1.807, 2.05) is 6.07 Å². The molecule has 6 nitrogen and oxygen atoms in total. The highest BCUT2D eigenvalue weighted by atomic mass is 19.1. The van der Waals surface area contributed by atoms with Gasteiger partial charge in [0, 0.05) is 12.1 Å². The van der Waals surface area contributed by atoms with Gasteiger partial charge in [0.15, 0.2) is 5.65 Å². The quantitative estimate of drug-likeness (QED) is 0.545. The molecule has 3 aromatic rings. The molecule has 7 heteroatoms. The highest BCUT2D eigenvalue weighted by molar-refractivity contribution is 5.76. The molecule has 2 aliphatic rings. The smallest absolute Gasteiger partial charge is 0.224 e. The predicted octanol–water partition coefficient (Wildman–Crippen LogP) is 5.96. The van der Waals surface area contributed by atoms with Gasteiger partial charge in [0.2, 0.25) is 11.9 Å². The van der Waals surface area contributed by atoms with E-state index in [0.717, 1.165) is 24.0 Å². The molecule has 0 aliphatic heterocycles. The standard InChI is InChI=1S/C23H29FN6/c24-18-13-7-8-14-19(18)27-23-28-20-15-25-22(26-16-9-3-1-4-10-16)29-21(20)30(23)17-11-5-2-6-12-17/h7-8,13-17H,1-6,9-12H2,(H,27,28)(H,25,26,29). The summed E-state index contributed by atoms with van der Waals surface area (Å²) in [5.74, 6) is 1.03. The first kappa shape index (κ1) is 19.3. The number of fused-ring (bicyclic) bond motifs is 1. The van der Waals surface area contributed by atoms with Crippen LogP contribution in [0.15, 0.2) is 30.5 Å². The third kappa shape index (κ3) is 3.98. The Morgan fingerprint density at radius 1 is 0.900 bits per heavy atom. The van der Waals surface area contributed by atoms with Crippen molar-refractivity contribution in [1.29, 1.82) is 0 Å². The first-order chi connectivity index (χ1) is 14.8. The SMILES string of the molecule is Fc1ccccc1Nc1nc2cnc(NC3CCCCC3)nc2n1C1CCCCC1. The van der Waals surface area contributed by atoms with E-state index in [2.05, 4.69) is 20.2 Å². The summed E-state index contributed by atoms with van der Waals surface area (Å²) in [5.41, 5.74) is 2.00. The summed E-state index contributed by atoms with van der Waals surface area (Å²) in [6, 6.07) is 7.47. The van der Waals surface area contributed by atoms with Crippen LogP contribution in [-0.2, 0) is 0 Å². The summed E-state index contributed by atoms with van der Waals surface area (Å²) in [6.45, 7) is 0. The summed E-state index contributed by atoms with van der Waals surface area (Å²) >= 11 is 0. The predicted molar refractivity (Wildman–Crippen MR) is 118 cm³/mol. The van der Waals surface area contributed by atoms with Crippen LogP contribution in [0.4, 0.5) is 22.0 Å². The lowest BCUT2D eigenvalue weighted by Crippen LogP contribution is -2.23. The van der Waals surface area contributed by atoms with E-state index in [1.54, 1.807) is 18.3 Å². The molecule has 2 fully saturated rings. The summed E-state index contributed by atoms with van der Waals surface area (Å²) in [5, 5.41) is 6.74. The van der Waals surface area contributed by atoms with Crippen LogP contribution in [0.2, 0.25) is 0 Å². The molecule has 2 N–H and O–H groups in total. The van der Waals surface area contributed by atoms with Gasteiger partial charge in [0.05, 0.1) is 11.9 Å². The molecule has 2 heterocycles. The number of benzene rings is 1. The summed E-state index contributed by atoms with van der Waals surface area (Å²) in [7, 11) is 0. The highest BCUT2D eigenvalue weighted by Gasteiger charge is 2.24. The highest BCUT2D eigenvalue weighted by Crippen LogP contribution is 2.35. The van der Waals surface area contributed by atoms with Crippen molar-refractivity contribution in [3.63, 3.8) is 0 Å². The minimum Gasteiger partial charge on any atom is -0.351 e. The third-order valence-electron chi connectivity index (χ3n) is 6.43. The largest absolute Gasteiger partial charge is 0.351 e. The van der Waals surface area contributed by atoms with Crippen molar-refractivity contribution in [1.82, 2.24) is 19.5 Å². The van der Waals surface area contributed by atoms with Gasteiger partial charge in [-0.25, -0.2) is 14.4 Å². The Hall–Kier alpha value is -2.70. The van der Waals surface area contributed by atoms with Crippen LogP contribution < -0.4 is 10.6 Å². The second-order valence-corrected chi connectivity index (χ2v) is 8.58. The Morgan fingerprint density at radius 2 is 1.63 bits per heavy atom. The van der Waals surface area contributed by atoms with E-state index in [-0.39, 0.29) is 5.82 Å². The van der Waals surface area contributed by atoms with Crippen molar-refractivity contribution in [3.05, 3.63) is 36.3 Å². The van der Waals surface area contributed by atoms with Gasteiger partial charge in [-0.3, -0.25) is 4.57 Å². The molecule has 0 unspecified atom stereocenters. The molecule has 0 bridgehead atoms. The second kappa shape index (κ2) is 8.58. The number of imidazole rings is 1. The van der Waals surface area contributed by atoms with E-state index < -0.39 is 0 Å². The van der Waals surface area contributed by atoms with Gasteiger partial charge >= 0.3 is 0 Å². The first-order valence-electron chi connectivity index (χ1n) is 11.3. The number of anilines is 3. The average molecular weight is 409 g/mol. The fourth-order valence-corrected chi connectivity index (χ4v) is 4.85. The van der Waals surface area contributed by atoms with Gasteiger partial charge in [0.25, 0.3) is 0 Å². The number of nitrogens with zero attached hydrogens (tertiary/aromatic N) is 4. The fraction of sp³-hybridized carbons (Fsp3) is 0.522. The molecular weight excluding hydrogens is 379 g/mol. The van der Waals surface area contributed by atoms with Gasteiger partial charge in [-0.1, -0.05) is 50.7 Å². The average Bonchev–Trinajstić information content (AvgIpc) is 3.14. The Bertz CT molecular complexity index is 1000. The maximum atomic E-state index is 14.3. The van der Waals surface area contributed by atoms with Crippen molar-refractivity contribution < 1.29 is 4.39 Å². The zero-order chi connectivity index (χ0) is 20.3. The van der Waals surface area contributed by atoms with Crippen LogP contribution in [0, 0.1) is 5.82 Å². The monoisotopic (exact) mass is 408 g/mol. The number of nitrogens with one attached hydrogen (secondary N) is 2. The van der Waals surface area contributed by atoms with Gasteiger partial charge in [-0.05, 0) is 37.8 Å². The molecule has 5 rings (SSSR count). The van der Waals surface area contributed by atoms with Gasteiger partial charge in [-0.15, -0.1) is 0 Å². The van der Waals surface area contributed by atoms with Crippen molar-refractivity contribution in [2.45, 2.75) is 76.3 Å². The molecule has 2 aliphatic carbocycles. The van der Waals surface area contributed by atoms with E-state index in [0.29, 0.717) is 29.7 Å². The van der Waals surface area contributed by atoms with Gasteiger partial charge < -0.3 is 10.6 Å². The summed E-state index contributed by atoms with van der Waals surface area (Å²) in [4.78, 5) is 14.1. The van der Waals surface area contributed by atoms with Gasteiger partial charge in [0.1, 0.15) is 11.3 Å². The van der Waals surface area contributed by atoms with Gasteiger partial charge in [-0.2, -0.15) is 4.98 Å². The van der Waals surface area contributed by atoms with Crippen molar-refractivity contribution in [2.75, 3.05) is 10.6 Å². The summed E-state index contributed by atoms with van der Waals surface area (Å²) < 4.78 is 16.5. The molecule has 30 heavy (non-hydrogen) atoms. The molecule has 1 aromatic carbocycles. The van der Waals surface area contributed by atoms with E-state index in [1.165, 1.54) is 57.4 Å².